The second kappa shape index (κ2) is 5.99. The number of imidazole rings is 1. The van der Waals surface area contributed by atoms with Crippen LogP contribution in [0.1, 0.15) is 44.3 Å². The van der Waals surface area contributed by atoms with Crippen molar-refractivity contribution in [3.63, 3.8) is 0 Å². The predicted molar refractivity (Wildman–Crippen MR) is 91.2 cm³/mol. The molecule has 2 aromatic rings. The van der Waals surface area contributed by atoms with E-state index < -0.39 is 0 Å². The van der Waals surface area contributed by atoms with E-state index >= 15 is 0 Å². The lowest BCUT2D eigenvalue weighted by Gasteiger charge is -2.44. The van der Waals surface area contributed by atoms with Gasteiger partial charge >= 0.3 is 0 Å². The van der Waals surface area contributed by atoms with E-state index in [9.17, 15) is 4.79 Å². The van der Waals surface area contributed by atoms with Gasteiger partial charge in [-0.2, -0.15) is 0 Å². The van der Waals surface area contributed by atoms with E-state index in [0.29, 0.717) is 12.6 Å². The predicted octanol–water partition coefficient (Wildman–Crippen LogP) is 3.53. The number of rotatable bonds is 2. The van der Waals surface area contributed by atoms with Crippen LogP contribution in [0, 0.1) is 12.8 Å². The molecule has 2 heterocycles. The highest BCUT2D eigenvalue weighted by Gasteiger charge is 2.35. The van der Waals surface area contributed by atoms with Gasteiger partial charge in [0.25, 0.3) is 0 Å². The van der Waals surface area contributed by atoms with Gasteiger partial charge < -0.3 is 9.47 Å². The Balaban J connectivity index is 1.58. The molecule has 23 heavy (non-hydrogen) atoms. The first-order valence-electron chi connectivity index (χ1n) is 8.95. The minimum Gasteiger partial charge on any atom is -0.338 e. The average Bonchev–Trinajstić information content (AvgIpc) is 2.90. The lowest BCUT2D eigenvalue weighted by Crippen LogP contribution is -2.50. The van der Waals surface area contributed by atoms with Crippen LogP contribution in [-0.2, 0) is 11.3 Å². The third-order valence-corrected chi connectivity index (χ3v) is 5.70. The number of hydrogen-bond acceptors (Lipinski definition) is 2. The summed E-state index contributed by atoms with van der Waals surface area (Å²) < 4.78 is 2.07. The first-order chi connectivity index (χ1) is 11.2. The van der Waals surface area contributed by atoms with Crippen molar-refractivity contribution < 1.29 is 4.79 Å². The number of likely N-dealkylation sites (tertiary alicyclic amines) is 1. The van der Waals surface area contributed by atoms with Crippen molar-refractivity contribution in [2.45, 2.75) is 58.0 Å². The minimum absolute atomic E-state index is 0.271. The van der Waals surface area contributed by atoms with Crippen LogP contribution < -0.4 is 0 Å². The second-order valence-electron chi connectivity index (χ2n) is 7.08. The number of fused-ring (bicyclic) bond motifs is 2. The molecule has 0 radical (unpaired) electrons. The molecule has 1 aliphatic carbocycles. The maximum Gasteiger partial charge on any atom is 0.242 e. The van der Waals surface area contributed by atoms with Gasteiger partial charge in [-0.1, -0.05) is 25.0 Å². The van der Waals surface area contributed by atoms with E-state index in [2.05, 4.69) is 20.5 Å². The lowest BCUT2D eigenvalue weighted by molar-refractivity contribution is -0.138. The molecule has 2 fully saturated rings. The molecule has 1 saturated carbocycles. The molecule has 4 heteroatoms. The molecule has 4 rings (SSSR count). The molecule has 2 aliphatic rings. The fourth-order valence-corrected chi connectivity index (χ4v) is 4.56. The average molecular weight is 311 g/mol. The number of aryl methyl sites for hydroxylation is 1. The van der Waals surface area contributed by atoms with E-state index in [0.717, 1.165) is 35.7 Å². The molecule has 1 aromatic heterocycles. The fraction of sp³-hybridized carbons (Fsp3) is 0.579. The molecule has 0 N–H and O–H groups in total. The van der Waals surface area contributed by atoms with Crippen molar-refractivity contribution in [1.82, 2.24) is 14.5 Å². The van der Waals surface area contributed by atoms with E-state index in [1.54, 1.807) is 0 Å². The Bertz CT molecular complexity index is 718. The number of hydrogen-bond donors (Lipinski definition) is 0. The monoisotopic (exact) mass is 311 g/mol. The van der Waals surface area contributed by atoms with Crippen LogP contribution in [0.15, 0.2) is 24.3 Å². The van der Waals surface area contributed by atoms with Gasteiger partial charge in [-0.25, -0.2) is 4.98 Å². The van der Waals surface area contributed by atoms with Crippen molar-refractivity contribution >= 4 is 16.9 Å². The molecule has 0 spiro atoms. The summed E-state index contributed by atoms with van der Waals surface area (Å²) in [6, 6.07) is 8.57. The second-order valence-corrected chi connectivity index (χ2v) is 7.08. The summed E-state index contributed by atoms with van der Waals surface area (Å²) in [6.07, 6.45) is 7.59. The van der Waals surface area contributed by atoms with Gasteiger partial charge in [-0.05, 0) is 50.7 Å². The first kappa shape index (κ1) is 14.7. The Morgan fingerprint density at radius 1 is 1.17 bits per heavy atom. The van der Waals surface area contributed by atoms with E-state index in [4.69, 9.17) is 0 Å². The maximum atomic E-state index is 13.0. The Hall–Kier alpha value is -1.84. The van der Waals surface area contributed by atoms with Crippen molar-refractivity contribution in [3.8, 4) is 0 Å². The van der Waals surface area contributed by atoms with Crippen LogP contribution in [0.4, 0.5) is 0 Å². The molecule has 0 bridgehead atoms. The fourth-order valence-electron chi connectivity index (χ4n) is 4.56. The van der Waals surface area contributed by atoms with Gasteiger partial charge in [0.1, 0.15) is 12.4 Å². The number of benzene rings is 1. The lowest BCUT2D eigenvalue weighted by atomic mass is 9.78. The Morgan fingerprint density at radius 2 is 1.96 bits per heavy atom. The van der Waals surface area contributed by atoms with Crippen LogP contribution in [-0.4, -0.2) is 32.9 Å². The molecule has 2 atom stereocenters. The molecular formula is C19H25N3O. The SMILES string of the molecule is Cc1nc2ccccc2n1CC(=O)N1CCC[C@@H]2CCCC[C@@H]21. The third-order valence-electron chi connectivity index (χ3n) is 5.70. The molecule has 1 saturated heterocycles. The third kappa shape index (κ3) is 2.64. The Labute approximate surface area is 137 Å². The van der Waals surface area contributed by atoms with Crippen molar-refractivity contribution in [2.75, 3.05) is 6.54 Å². The summed E-state index contributed by atoms with van der Waals surface area (Å²) in [5.41, 5.74) is 2.04. The molecular weight excluding hydrogens is 286 g/mol. The number of piperidine rings is 1. The number of carbonyl (C=O) groups is 1. The van der Waals surface area contributed by atoms with Crippen LogP contribution >= 0.6 is 0 Å². The topological polar surface area (TPSA) is 38.1 Å². The first-order valence-corrected chi connectivity index (χ1v) is 8.95. The van der Waals surface area contributed by atoms with E-state index in [1.807, 2.05) is 25.1 Å². The molecule has 1 aromatic carbocycles. The maximum absolute atomic E-state index is 13.0. The zero-order chi connectivity index (χ0) is 15.8. The summed E-state index contributed by atoms with van der Waals surface area (Å²) in [7, 11) is 0. The van der Waals surface area contributed by atoms with Crippen LogP contribution in [0.5, 0.6) is 0 Å². The normalized spacial score (nSPS) is 24.7. The van der Waals surface area contributed by atoms with E-state index in [-0.39, 0.29) is 5.91 Å². The molecule has 1 amide bonds. The van der Waals surface area contributed by atoms with Gasteiger partial charge in [0.2, 0.25) is 5.91 Å². The summed E-state index contributed by atoms with van der Waals surface area (Å²) in [5.74, 6) is 1.94. The number of nitrogens with zero attached hydrogens (tertiary/aromatic N) is 3. The minimum atomic E-state index is 0.271. The highest BCUT2D eigenvalue weighted by atomic mass is 16.2. The summed E-state index contributed by atoms with van der Waals surface area (Å²) >= 11 is 0. The number of carbonyl (C=O) groups excluding carboxylic acids is 1. The molecule has 1 aliphatic heterocycles. The van der Waals surface area contributed by atoms with Crippen LogP contribution in [0.2, 0.25) is 0 Å². The highest BCUT2D eigenvalue weighted by molar-refractivity contribution is 5.81. The number of para-hydroxylation sites is 2. The summed E-state index contributed by atoms with van der Waals surface area (Å²) in [6.45, 7) is 3.36. The van der Waals surface area contributed by atoms with Crippen molar-refractivity contribution in [1.29, 1.82) is 0 Å². The molecule has 0 unspecified atom stereocenters. The van der Waals surface area contributed by atoms with Gasteiger partial charge in [0, 0.05) is 12.6 Å². The number of aromatic nitrogens is 2. The van der Waals surface area contributed by atoms with Crippen molar-refractivity contribution in [3.05, 3.63) is 30.1 Å². The largest absolute Gasteiger partial charge is 0.338 e. The van der Waals surface area contributed by atoms with Crippen LogP contribution in [0.25, 0.3) is 11.0 Å². The van der Waals surface area contributed by atoms with Crippen molar-refractivity contribution in [2.24, 2.45) is 5.92 Å². The highest BCUT2D eigenvalue weighted by Crippen LogP contribution is 2.35. The Morgan fingerprint density at radius 3 is 2.87 bits per heavy atom. The summed E-state index contributed by atoms with van der Waals surface area (Å²) in [4.78, 5) is 19.8. The molecule has 4 nitrogen and oxygen atoms in total. The van der Waals surface area contributed by atoms with Gasteiger partial charge in [-0.15, -0.1) is 0 Å². The quantitative estimate of drug-likeness (QED) is 0.851. The number of amides is 1. The van der Waals surface area contributed by atoms with Gasteiger partial charge in [-0.3, -0.25) is 4.79 Å². The van der Waals surface area contributed by atoms with Crippen LogP contribution in [0.3, 0.4) is 0 Å². The zero-order valence-corrected chi connectivity index (χ0v) is 13.9. The molecule has 122 valence electrons. The van der Waals surface area contributed by atoms with Gasteiger partial charge in [0.15, 0.2) is 0 Å². The Kier molecular flexibility index (Phi) is 3.83. The summed E-state index contributed by atoms with van der Waals surface area (Å²) in [5, 5.41) is 0. The smallest absolute Gasteiger partial charge is 0.242 e. The zero-order valence-electron chi connectivity index (χ0n) is 13.9. The standard InChI is InChI=1S/C19H25N3O/c1-14-20-16-9-3-5-11-18(16)22(14)13-19(23)21-12-6-8-15-7-2-4-10-17(15)21/h3,5,9,11,15,17H,2,4,6-8,10,12-13H2,1H3/t15-,17-/m0/s1. The van der Waals surface area contributed by atoms with Gasteiger partial charge in [0.05, 0.1) is 11.0 Å². The van der Waals surface area contributed by atoms with E-state index in [1.165, 1.54) is 32.1 Å².